The first kappa shape index (κ1) is 23.5. The lowest BCUT2D eigenvalue weighted by Gasteiger charge is -2.35. The summed E-state index contributed by atoms with van der Waals surface area (Å²) in [6.07, 6.45) is 1.72. The van der Waals surface area contributed by atoms with Crippen molar-refractivity contribution in [2.75, 3.05) is 31.6 Å². The van der Waals surface area contributed by atoms with E-state index in [1.807, 2.05) is 17.4 Å². The van der Waals surface area contributed by atoms with E-state index in [-0.39, 0.29) is 47.6 Å². The minimum atomic E-state index is -2.92. The van der Waals surface area contributed by atoms with Crippen molar-refractivity contribution < 1.29 is 8.42 Å². The van der Waals surface area contributed by atoms with Crippen LogP contribution in [0.15, 0.2) is 46.8 Å². The van der Waals surface area contributed by atoms with E-state index in [9.17, 15) is 8.42 Å². The first-order valence-corrected chi connectivity index (χ1v) is 12.8. The molecule has 1 saturated heterocycles. The minimum absolute atomic E-state index is 0. The van der Waals surface area contributed by atoms with Crippen molar-refractivity contribution >= 4 is 51.1 Å². The lowest BCUT2D eigenvalue weighted by atomic mass is 10.0. The van der Waals surface area contributed by atoms with Crippen LogP contribution in [0.5, 0.6) is 0 Å². The molecule has 30 heavy (non-hydrogen) atoms. The maximum absolute atomic E-state index is 11.7. The molecule has 0 radical (unpaired) electrons. The summed E-state index contributed by atoms with van der Waals surface area (Å²) < 4.78 is 23.5. The summed E-state index contributed by atoms with van der Waals surface area (Å²) in [5, 5.41) is 8.91. The highest BCUT2D eigenvalue weighted by atomic mass is 127. The zero-order valence-electron chi connectivity index (χ0n) is 17.1. The van der Waals surface area contributed by atoms with Crippen LogP contribution in [-0.2, 0) is 22.8 Å². The number of sulfone groups is 1. The molecule has 0 spiro atoms. The van der Waals surface area contributed by atoms with Gasteiger partial charge >= 0.3 is 0 Å². The molecule has 0 aliphatic carbocycles. The Balaban J connectivity index is 0.00000256. The second-order valence-corrected chi connectivity index (χ2v) is 10.9. The summed E-state index contributed by atoms with van der Waals surface area (Å²) in [6.45, 7) is 2.69. The first-order valence-electron chi connectivity index (χ1n) is 10.1. The Kier molecular flexibility index (Phi) is 8.17. The van der Waals surface area contributed by atoms with Crippen molar-refractivity contribution in [1.29, 1.82) is 0 Å². The lowest BCUT2D eigenvalue weighted by Crippen LogP contribution is -2.47. The van der Waals surface area contributed by atoms with Gasteiger partial charge in [0.2, 0.25) is 0 Å². The van der Waals surface area contributed by atoms with Crippen molar-refractivity contribution in [3.8, 4) is 0 Å². The van der Waals surface area contributed by atoms with E-state index in [4.69, 9.17) is 0 Å². The average molecular weight is 561 g/mol. The summed E-state index contributed by atoms with van der Waals surface area (Å²) in [4.78, 5) is 8.34. The van der Waals surface area contributed by atoms with Gasteiger partial charge in [0.05, 0.1) is 17.5 Å². The van der Waals surface area contributed by atoms with Crippen LogP contribution in [0.25, 0.3) is 0 Å². The molecule has 1 aromatic carbocycles. The van der Waals surface area contributed by atoms with Gasteiger partial charge < -0.3 is 10.6 Å². The quantitative estimate of drug-likeness (QED) is 0.335. The van der Waals surface area contributed by atoms with Crippen LogP contribution in [0, 0.1) is 0 Å². The van der Waals surface area contributed by atoms with Gasteiger partial charge in [-0.3, -0.25) is 9.89 Å². The third-order valence-corrected chi connectivity index (χ3v) is 8.51. The molecule has 2 unspecified atom stereocenters. The Bertz CT molecular complexity index is 962. The SMILES string of the molecule is CN=C(NCC(c1ccccc1)N1CCc2sccc2C1)NC1CCS(=O)(=O)C1.I. The van der Waals surface area contributed by atoms with Crippen LogP contribution in [0.1, 0.15) is 28.5 Å². The van der Waals surface area contributed by atoms with E-state index in [0.717, 1.165) is 19.5 Å². The molecular formula is C21H29IN4O2S2. The maximum atomic E-state index is 11.7. The van der Waals surface area contributed by atoms with Gasteiger partial charge in [-0.25, -0.2) is 8.42 Å². The van der Waals surface area contributed by atoms with Gasteiger partial charge in [-0.1, -0.05) is 30.3 Å². The Morgan fingerprint density at radius 2 is 2.10 bits per heavy atom. The van der Waals surface area contributed by atoms with Crippen molar-refractivity contribution in [2.45, 2.75) is 31.5 Å². The summed E-state index contributed by atoms with van der Waals surface area (Å²) in [5.74, 6) is 1.11. The van der Waals surface area contributed by atoms with Crippen molar-refractivity contribution in [2.24, 2.45) is 4.99 Å². The minimum Gasteiger partial charge on any atom is -0.354 e. The molecule has 6 nitrogen and oxygen atoms in total. The fraction of sp³-hybridized carbons (Fsp3) is 0.476. The Labute approximate surface area is 200 Å². The number of guanidine groups is 1. The Hall–Kier alpha value is -1.17. The number of aliphatic imine (C=N–C) groups is 1. The standard InChI is InChI=1S/C21H28N4O2S2.HI/c1-22-21(24-18-9-12-29(26,27)15-18)23-13-19(16-5-3-2-4-6-16)25-10-7-20-17(14-25)8-11-28-20;/h2-6,8,11,18-19H,7,9-10,12-15H2,1H3,(H2,22,23,24);1H. The van der Waals surface area contributed by atoms with Gasteiger partial charge in [-0.15, -0.1) is 35.3 Å². The van der Waals surface area contributed by atoms with Crippen LogP contribution in [-0.4, -0.2) is 57.0 Å². The second kappa shape index (κ2) is 10.4. The molecule has 2 atom stereocenters. The van der Waals surface area contributed by atoms with Crippen molar-refractivity contribution in [1.82, 2.24) is 15.5 Å². The summed E-state index contributed by atoms with van der Waals surface area (Å²) in [6, 6.07) is 13.0. The molecule has 1 fully saturated rings. The topological polar surface area (TPSA) is 73.8 Å². The number of thiophene rings is 1. The maximum Gasteiger partial charge on any atom is 0.191 e. The van der Waals surface area contributed by atoms with E-state index >= 15 is 0 Å². The van der Waals surface area contributed by atoms with Crippen molar-refractivity contribution in [3.63, 3.8) is 0 Å². The number of hydrogen-bond donors (Lipinski definition) is 2. The molecule has 0 bridgehead atoms. The predicted octanol–water partition coefficient (Wildman–Crippen LogP) is 2.82. The third kappa shape index (κ3) is 5.74. The fourth-order valence-corrected chi connectivity index (χ4v) is 6.72. The van der Waals surface area contributed by atoms with Crippen molar-refractivity contribution in [3.05, 3.63) is 57.8 Å². The molecule has 164 valence electrons. The molecule has 2 aromatic rings. The highest BCUT2D eigenvalue weighted by Crippen LogP contribution is 2.30. The van der Waals surface area contributed by atoms with E-state index in [1.54, 1.807) is 7.05 Å². The second-order valence-electron chi connectivity index (χ2n) is 7.71. The molecule has 3 heterocycles. The highest BCUT2D eigenvalue weighted by Gasteiger charge is 2.29. The van der Waals surface area contributed by atoms with Gasteiger partial charge in [-0.05, 0) is 35.4 Å². The van der Waals surface area contributed by atoms with E-state index in [0.29, 0.717) is 18.9 Å². The smallest absolute Gasteiger partial charge is 0.191 e. The van der Waals surface area contributed by atoms with Gasteiger partial charge in [0.15, 0.2) is 15.8 Å². The zero-order chi connectivity index (χ0) is 20.3. The predicted molar refractivity (Wildman–Crippen MR) is 135 cm³/mol. The third-order valence-electron chi connectivity index (χ3n) is 5.72. The summed E-state index contributed by atoms with van der Waals surface area (Å²) >= 11 is 1.85. The first-order chi connectivity index (χ1) is 14.0. The molecule has 2 aliphatic rings. The largest absolute Gasteiger partial charge is 0.354 e. The number of halogens is 1. The van der Waals surface area contributed by atoms with Gasteiger partial charge in [0.25, 0.3) is 0 Å². The number of nitrogens with zero attached hydrogens (tertiary/aromatic N) is 2. The number of rotatable bonds is 5. The fourth-order valence-electron chi connectivity index (χ4n) is 4.16. The van der Waals surface area contributed by atoms with Crippen LogP contribution in [0.4, 0.5) is 0 Å². The van der Waals surface area contributed by atoms with E-state index in [1.165, 1.54) is 16.0 Å². The van der Waals surface area contributed by atoms with Gasteiger partial charge in [-0.2, -0.15) is 0 Å². The van der Waals surface area contributed by atoms with Gasteiger partial charge in [0.1, 0.15) is 0 Å². The molecular weight excluding hydrogens is 531 g/mol. The van der Waals surface area contributed by atoms with Gasteiger partial charge in [0, 0.05) is 37.6 Å². The molecule has 2 N–H and O–H groups in total. The molecule has 1 aromatic heterocycles. The molecule has 2 aliphatic heterocycles. The number of nitrogens with one attached hydrogen (secondary N) is 2. The normalized spacial score (nSPS) is 22.0. The Morgan fingerprint density at radius 3 is 2.80 bits per heavy atom. The monoisotopic (exact) mass is 560 g/mol. The lowest BCUT2D eigenvalue weighted by molar-refractivity contribution is 0.181. The highest BCUT2D eigenvalue weighted by molar-refractivity contribution is 14.0. The summed E-state index contributed by atoms with van der Waals surface area (Å²) in [7, 11) is -1.19. The molecule has 0 saturated carbocycles. The van der Waals surface area contributed by atoms with E-state index in [2.05, 4.69) is 56.2 Å². The van der Waals surface area contributed by atoms with Crippen LogP contribution < -0.4 is 10.6 Å². The Morgan fingerprint density at radius 1 is 1.30 bits per heavy atom. The van der Waals surface area contributed by atoms with E-state index < -0.39 is 9.84 Å². The summed E-state index contributed by atoms with van der Waals surface area (Å²) in [5.41, 5.74) is 2.71. The molecule has 0 amide bonds. The van der Waals surface area contributed by atoms with Crippen LogP contribution in [0.3, 0.4) is 0 Å². The average Bonchev–Trinajstić information content (AvgIpc) is 3.33. The van der Waals surface area contributed by atoms with Crippen LogP contribution in [0.2, 0.25) is 0 Å². The molecule has 9 heteroatoms. The number of fused-ring (bicyclic) bond motifs is 1. The number of hydrogen-bond acceptors (Lipinski definition) is 5. The molecule has 4 rings (SSSR count). The van der Waals surface area contributed by atoms with Crippen LogP contribution >= 0.6 is 35.3 Å². The number of benzene rings is 1. The zero-order valence-corrected chi connectivity index (χ0v) is 21.0.